The Hall–Kier alpha value is -2.40. The SMILES string of the molecule is CC1C=CC=C(F)C1c1cc(NCC2CCCCN2)c2cc(N)ncc2c1. The van der Waals surface area contributed by atoms with Crippen molar-refractivity contribution in [2.75, 3.05) is 24.1 Å². The third-order valence-corrected chi connectivity index (χ3v) is 5.68. The maximum Gasteiger partial charge on any atom is 0.123 e. The number of nitrogens with zero attached hydrogens (tertiary/aromatic N) is 1. The lowest BCUT2D eigenvalue weighted by molar-refractivity contribution is 0.414. The molecule has 1 saturated heterocycles. The highest BCUT2D eigenvalue weighted by molar-refractivity contribution is 5.95. The highest BCUT2D eigenvalue weighted by Gasteiger charge is 2.25. The number of halogens is 1. The minimum atomic E-state index is -0.259. The number of benzene rings is 1. The number of allylic oxidation sites excluding steroid dienone is 4. The maximum absolute atomic E-state index is 14.6. The van der Waals surface area contributed by atoms with Crippen LogP contribution in [0.1, 0.15) is 37.7 Å². The van der Waals surface area contributed by atoms with Crippen LogP contribution in [0.4, 0.5) is 15.9 Å². The van der Waals surface area contributed by atoms with Crippen LogP contribution < -0.4 is 16.4 Å². The van der Waals surface area contributed by atoms with Crippen molar-refractivity contribution in [3.8, 4) is 0 Å². The van der Waals surface area contributed by atoms with Gasteiger partial charge in [-0.2, -0.15) is 0 Å². The minimum absolute atomic E-state index is 0.0901. The van der Waals surface area contributed by atoms with E-state index in [0.29, 0.717) is 11.9 Å². The van der Waals surface area contributed by atoms with Gasteiger partial charge in [-0.25, -0.2) is 9.37 Å². The number of nitrogens with two attached hydrogens (primary N) is 1. The number of aromatic nitrogens is 1. The predicted molar refractivity (Wildman–Crippen MR) is 111 cm³/mol. The molecule has 1 aromatic carbocycles. The van der Waals surface area contributed by atoms with Crippen LogP contribution in [0.5, 0.6) is 0 Å². The zero-order valence-corrected chi connectivity index (χ0v) is 15.7. The van der Waals surface area contributed by atoms with Gasteiger partial charge in [0.25, 0.3) is 0 Å². The van der Waals surface area contributed by atoms with Gasteiger partial charge in [0, 0.05) is 41.2 Å². The molecule has 3 atom stereocenters. The molecule has 27 heavy (non-hydrogen) atoms. The Morgan fingerprint density at radius 1 is 1.30 bits per heavy atom. The van der Waals surface area contributed by atoms with E-state index in [1.165, 1.54) is 19.3 Å². The van der Waals surface area contributed by atoms with Crippen LogP contribution in [0.25, 0.3) is 10.8 Å². The standard InChI is InChI=1S/C22H27FN4/c1-14-5-4-7-19(23)22(14)15-9-16-12-27-21(24)11-18(16)20(10-15)26-13-17-6-2-3-8-25-17/h4-5,7,9-12,14,17,22,25-26H,2-3,6,8,13H2,1H3,(H2,24,27). The number of nitrogen functional groups attached to an aromatic ring is 1. The zero-order valence-electron chi connectivity index (χ0n) is 15.7. The van der Waals surface area contributed by atoms with Gasteiger partial charge in [0.2, 0.25) is 0 Å². The smallest absolute Gasteiger partial charge is 0.123 e. The van der Waals surface area contributed by atoms with E-state index in [0.717, 1.165) is 35.1 Å². The van der Waals surface area contributed by atoms with E-state index in [4.69, 9.17) is 5.73 Å². The molecule has 0 amide bonds. The lowest BCUT2D eigenvalue weighted by Gasteiger charge is -2.26. The van der Waals surface area contributed by atoms with E-state index in [9.17, 15) is 4.39 Å². The van der Waals surface area contributed by atoms with Crippen LogP contribution in [-0.4, -0.2) is 24.1 Å². The second-order valence-electron chi connectivity index (χ2n) is 7.70. The second-order valence-corrected chi connectivity index (χ2v) is 7.70. The first kappa shape index (κ1) is 18.0. The van der Waals surface area contributed by atoms with Gasteiger partial charge < -0.3 is 16.4 Å². The molecule has 4 N–H and O–H groups in total. The maximum atomic E-state index is 14.6. The predicted octanol–water partition coefficient (Wildman–Crippen LogP) is 4.51. The van der Waals surface area contributed by atoms with Gasteiger partial charge in [0.15, 0.2) is 0 Å². The molecule has 142 valence electrons. The summed E-state index contributed by atoms with van der Waals surface area (Å²) < 4.78 is 14.6. The van der Waals surface area contributed by atoms with Crippen molar-refractivity contribution in [1.29, 1.82) is 0 Å². The van der Waals surface area contributed by atoms with E-state index in [-0.39, 0.29) is 17.7 Å². The van der Waals surface area contributed by atoms with Crippen LogP contribution in [-0.2, 0) is 0 Å². The summed E-state index contributed by atoms with van der Waals surface area (Å²) in [6, 6.07) is 6.48. The molecule has 1 aliphatic carbocycles. The van der Waals surface area contributed by atoms with Crippen LogP contribution >= 0.6 is 0 Å². The average Bonchev–Trinajstić information content (AvgIpc) is 2.67. The van der Waals surface area contributed by atoms with Gasteiger partial charge in [-0.05, 0) is 55.1 Å². The Kier molecular flexibility index (Phi) is 5.12. The molecule has 2 aromatic rings. The van der Waals surface area contributed by atoms with Gasteiger partial charge in [-0.3, -0.25) is 0 Å². The van der Waals surface area contributed by atoms with Crippen molar-refractivity contribution in [1.82, 2.24) is 10.3 Å². The largest absolute Gasteiger partial charge is 0.384 e. The van der Waals surface area contributed by atoms with Crippen molar-refractivity contribution < 1.29 is 4.39 Å². The Morgan fingerprint density at radius 3 is 2.96 bits per heavy atom. The Bertz CT molecular complexity index is 883. The Balaban J connectivity index is 1.70. The quantitative estimate of drug-likeness (QED) is 0.745. The highest BCUT2D eigenvalue weighted by atomic mass is 19.1. The van der Waals surface area contributed by atoms with Gasteiger partial charge in [-0.1, -0.05) is 25.5 Å². The molecule has 0 bridgehead atoms. The number of hydrogen-bond acceptors (Lipinski definition) is 4. The molecule has 2 aliphatic rings. The third-order valence-electron chi connectivity index (χ3n) is 5.68. The first-order chi connectivity index (χ1) is 13.1. The number of nitrogens with one attached hydrogen (secondary N) is 2. The normalized spacial score (nSPS) is 25.4. The highest BCUT2D eigenvalue weighted by Crippen LogP contribution is 2.39. The van der Waals surface area contributed by atoms with Gasteiger partial charge in [-0.15, -0.1) is 0 Å². The van der Waals surface area contributed by atoms with E-state index < -0.39 is 0 Å². The minimum Gasteiger partial charge on any atom is -0.384 e. The zero-order chi connectivity index (χ0) is 18.8. The molecule has 1 aromatic heterocycles. The van der Waals surface area contributed by atoms with Crippen molar-refractivity contribution in [2.24, 2.45) is 5.92 Å². The van der Waals surface area contributed by atoms with E-state index >= 15 is 0 Å². The molecule has 4 rings (SSSR count). The molecule has 0 spiro atoms. The summed E-state index contributed by atoms with van der Waals surface area (Å²) in [6.45, 7) is 3.98. The number of piperidine rings is 1. The summed E-state index contributed by atoms with van der Waals surface area (Å²) in [4.78, 5) is 4.24. The first-order valence-electron chi connectivity index (χ1n) is 9.82. The number of fused-ring (bicyclic) bond motifs is 1. The van der Waals surface area contributed by atoms with Crippen molar-refractivity contribution >= 4 is 22.3 Å². The first-order valence-corrected chi connectivity index (χ1v) is 9.82. The molecule has 3 unspecified atom stereocenters. The molecular formula is C22H27FN4. The van der Waals surface area contributed by atoms with Crippen LogP contribution in [0.2, 0.25) is 0 Å². The fourth-order valence-electron chi connectivity index (χ4n) is 4.20. The molecule has 4 nitrogen and oxygen atoms in total. The van der Waals surface area contributed by atoms with E-state index in [1.54, 1.807) is 18.3 Å². The van der Waals surface area contributed by atoms with Gasteiger partial charge in [0.05, 0.1) is 0 Å². The summed E-state index contributed by atoms with van der Waals surface area (Å²) >= 11 is 0. The molecule has 0 radical (unpaired) electrons. The van der Waals surface area contributed by atoms with Crippen molar-refractivity contribution in [3.05, 3.63) is 54.0 Å². The molecule has 1 aliphatic heterocycles. The summed E-state index contributed by atoms with van der Waals surface area (Å²) in [6.07, 6.45) is 10.9. The van der Waals surface area contributed by atoms with Crippen molar-refractivity contribution in [2.45, 2.75) is 38.1 Å². The van der Waals surface area contributed by atoms with E-state index in [2.05, 4.69) is 34.7 Å². The lowest BCUT2D eigenvalue weighted by atomic mass is 9.82. The summed E-state index contributed by atoms with van der Waals surface area (Å²) in [7, 11) is 0. The molecule has 0 saturated carbocycles. The molecule has 1 fully saturated rings. The number of rotatable bonds is 4. The average molecular weight is 366 g/mol. The number of pyridine rings is 1. The van der Waals surface area contributed by atoms with Crippen LogP contribution in [0, 0.1) is 5.92 Å². The summed E-state index contributed by atoms with van der Waals surface area (Å²) in [5.74, 6) is 0.258. The van der Waals surface area contributed by atoms with Crippen LogP contribution in [0.15, 0.2) is 48.5 Å². The Morgan fingerprint density at radius 2 is 2.19 bits per heavy atom. The Labute approximate surface area is 159 Å². The lowest BCUT2D eigenvalue weighted by Crippen LogP contribution is -2.39. The summed E-state index contributed by atoms with van der Waals surface area (Å²) in [5.41, 5.74) is 7.90. The fraction of sp³-hybridized carbons (Fsp3) is 0.409. The third kappa shape index (κ3) is 3.83. The van der Waals surface area contributed by atoms with Gasteiger partial charge >= 0.3 is 0 Å². The number of hydrogen-bond donors (Lipinski definition) is 3. The van der Waals surface area contributed by atoms with E-state index in [1.807, 2.05) is 12.1 Å². The monoisotopic (exact) mass is 366 g/mol. The number of anilines is 2. The topological polar surface area (TPSA) is 63.0 Å². The molecule has 2 heterocycles. The van der Waals surface area contributed by atoms with Gasteiger partial charge in [0.1, 0.15) is 11.6 Å². The fourth-order valence-corrected chi connectivity index (χ4v) is 4.20. The summed E-state index contributed by atoms with van der Waals surface area (Å²) in [5, 5.41) is 9.17. The van der Waals surface area contributed by atoms with Crippen molar-refractivity contribution in [3.63, 3.8) is 0 Å². The molecular weight excluding hydrogens is 339 g/mol. The molecule has 5 heteroatoms. The second kappa shape index (κ2) is 7.69. The van der Waals surface area contributed by atoms with Crippen LogP contribution in [0.3, 0.4) is 0 Å².